The summed E-state index contributed by atoms with van der Waals surface area (Å²) < 4.78 is 0.831. The Morgan fingerprint density at radius 3 is 2.38 bits per heavy atom. The van der Waals surface area contributed by atoms with Crippen LogP contribution in [0.2, 0.25) is 0 Å². The molecule has 1 N–H and O–H groups in total. The van der Waals surface area contributed by atoms with E-state index in [0.717, 1.165) is 17.4 Å². The molecule has 0 unspecified atom stereocenters. The maximum absolute atomic E-state index is 10.9. The topological polar surface area (TPSA) is 55.8 Å². The fourth-order valence-corrected chi connectivity index (χ4v) is 0.854. The van der Waals surface area contributed by atoms with E-state index in [4.69, 9.17) is 5.11 Å². The molecule has 16 heavy (non-hydrogen) atoms. The van der Waals surface area contributed by atoms with Gasteiger partial charge in [0.05, 0.1) is 34.3 Å². The van der Waals surface area contributed by atoms with E-state index >= 15 is 0 Å². The summed E-state index contributed by atoms with van der Waals surface area (Å²) in [6.07, 6.45) is 2.03. The van der Waals surface area contributed by atoms with Gasteiger partial charge in [-0.2, -0.15) is 4.89 Å². The molecule has 0 aliphatic rings. The summed E-state index contributed by atoms with van der Waals surface area (Å²) in [6, 6.07) is 0. The molecule has 96 valence electrons. The predicted molar refractivity (Wildman–Crippen MR) is 55.9 cm³/mol. The number of quaternary nitrogens is 1. The number of nitrogens with zero attached hydrogens (tertiary/aromatic N) is 1. The summed E-state index contributed by atoms with van der Waals surface area (Å²) in [4.78, 5) is 19.9. The van der Waals surface area contributed by atoms with E-state index in [1.165, 1.54) is 13.0 Å². The van der Waals surface area contributed by atoms with Crippen LogP contribution in [0.3, 0.4) is 0 Å². The van der Waals surface area contributed by atoms with Crippen molar-refractivity contribution in [2.24, 2.45) is 0 Å². The van der Waals surface area contributed by atoms with Crippen LogP contribution in [0.4, 0.5) is 0 Å². The maximum Gasteiger partial charge on any atom is 0.406 e. The zero-order valence-corrected chi connectivity index (χ0v) is 11.8. The molecule has 0 aromatic heterocycles. The normalized spacial score (nSPS) is 11.9. The second-order valence-corrected chi connectivity index (χ2v) is 4.23. The summed E-state index contributed by atoms with van der Waals surface area (Å²) in [5.41, 5.74) is 0. The van der Waals surface area contributed by atoms with Crippen molar-refractivity contribution < 1.29 is 41.1 Å². The van der Waals surface area contributed by atoms with E-state index < -0.39 is 11.7 Å². The molecule has 0 saturated carbocycles. The van der Waals surface area contributed by atoms with Gasteiger partial charge in [-0.15, -0.1) is 0 Å². The number of carbonyl (C=O) groups is 1. The van der Waals surface area contributed by atoms with Crippen molar-refractivity contribution in [2.45, 2.75) is 13.3 Å². The number of halogens is 1. The van der Waals surface area contributed by atoms with E-state index in [0.29, 0.717) is 6.61 Å². The minimum atomic E-state index is -0.859. The molecule has 6 heteroatoms. The van der Waals surface area contributed by atoms with Gasteiger partial charge in [0, 0.05) is 6.42 Å². The average molecular weight is 298 g/mol. The lowest BCUT2D eigenvalue weighted by Gasteiger charge is -2.23. The third kappa shape index (κ3) is 9.95. The smallest absolute Gasteiger partial charge is 0.406 e. The molecule has 0 aromatic rings. The molecule has 0 atom stereocenters. The average Bonchev–Trinajstić information content (AvgIpc) is 2.14. The lowest BCUT2D eigenvalue weighted by Crippen LogP contribution is -3.00. The van der Waals surface area contributed by atoms with E-state index in [-0.39, 0.29) is 17.0 Å². The first kappa shape index (κ1) is 17.8. The first-order valence-corrected chi connectivity index (χ1v) is 4.86. The van der Waals surface area contributed by atoms with Gasteiger partial charge in [0.1, 0.15) is 0 Å². The van der Waals surface area contributed by atoms with Crippen LogP contribution in [-0.4, -0.2) is 49.9 Å². The van der Waals surface area contributed by atoms with Gasteiger partial charge in [0.25, 0.3) is 0 Å². The molecule has 0 bridgehead atoms. The van der Waals surface area contributed by atoms with Gasteiger partial charge < -0.3 is 26.6 Å². The summed E-state index contributed by atoms with van der Waals surface area (Å²) in [5, 5.41) is 8.92. The lowest BCUT2D eigenvalue weighted by molar-refractivity contribution is -0.870. The van der Waals surface area contributed by atoms with Gasteiger partial charge >= 0.3 is 5.97 Å². The van der Waals surface area contributed by atoms with E-state index in [1.54, 1.807) is 0 Å². The molecule has 0 spiro atoms. The van der Waals surface area contributed by atoms with Crippen LogP contribution >= 0.6 is 0 Å². The fourth-order valence-electron chi connectivity index (χ4n) is 0.854. The van der Waals surface area contributed by atoms with Gasteiger partial charge in [0.2, 0.25) is 5.76 Å². The van der Waals surface area contributed by atoms with E-state index in [1.807, 2.05) is 0 Å². The molecule has 0 heterocycles. The Morgan fingerprint density at radius 1 is 1.38 bits per heavy atom. The Labute approximate surface area is 107 Å². The standard InChI is InChI=1S/C10H19NO4.BrH/c1-5-9(12)10(13)15-14-8-6-7-11(2,3)4;/h5H,6-8H2,1-4H3;1H. The molecule has 0 aliphatic heterocycles. The Bertz CT molecular complexity index is 235. The van der Waals surface area contributed by atoms with Crippen molar-refractivity contribution in [1.82, 2.24) is 0 Å². The Kier molecular flexibility index (Phi) is 9.51. The molecule has 0 radical (unpaired) electrons. The highest BCUT2D eigenvalue weighted by molar-refractivity contribution is 5.84. The lowest BCUT2D eigenvalue weighted by atomic mass is 10.4. The number of aliphatic hydroxyl groups is 1. The van der Waals surface area contributed by atoms with Gasteiger partial charge in [-0.1, -0.05) is 0 Å². The minimum Gasteiger partial charge on any atom is -1.00 e. The fraction of sp³-hybridized carbons (Fsp3) is 0.700. The summed E-state index contributed by atoms with van der Waals surface area (Å²) in [6.45, 7) is 2.79. The summed E-state index contributed by atoms with van der Waals surface area (Å²) >= 11 is 0. The largest absolute Gasteiger partial charge is 1.00 e. The second kappa shape index (κ2) is 8.55. The zero-order valence-electron chi connectivity index (χ0n) is 10.2. The molecule has 0 amide bonds. The highest BCUT2D eigenvalue weighted by Crippen LogP contribution is 1.97. The molecule has 0 saturated heterocycles. The van der Waals surface area contributed by atoms with Crippen LogP contribution in [-0.2, 0) is 14.6 Å². The number of hydrogen-bond acceptors (Lipinski definition) is 4. The quantitative estimate of drug-likeness (QED) is 0.154. The molecular formula is C10H20BrNO4. The van der Waals surface area contributed by atoms with Gasteiger partial charge in [-0.3, -0.25) is 4.89 Å². The van der Waals surface area contributed by atoms with E-state index in [2.05, 4.69) is 30.9 Å². The van der Waals surface area contributed by atoms with Crippen molar-refractivity contribution in [2.75, 3.05) is 34.3 Å². The van der Waals surface area contributed by atoms with Crippen LogP contribution in [0.25, 0.3) is 0 Å². The second-order valence-electron chi connectivity index (χ2n) is 4.23. The van der Waals surface area contributed by atoms with Gasteiger partial charge in [0.15, 0.2) is 0 Å². The number of hydrogen-bond donors (Lipinski definition) is 1. The summed E-state index contributed by atoms with van der Waals surface area (Å²) in [7, 11) is 6.20. The first-order chi connectivity index (χ1) is 6.87. The van der Waals surface area contributed by atoms with Crippen molar-refractivity contribution in [1.29, 1.82) is 0 Å². The number of aliphatic hydroxyl groups excluding tert-OH is 1. The summed E-state index contributed by atoms with van der Waals surface area (Å²) in [5.74, 6) is -1.30. The third-order valence-electron chi connectivity index (χ3n) is 1.67. The van der Waals surface area contributed by atoms with Gasteiger partial charge in [-0.25, -0.2) is 4.79 Å². The van der Waals surface area contributed by atoms with Crippen molar-refractivity contribution >= 4 is 5.97 Å². The van der Waals surface area contributed by atoms with Crippen LogP contribution in [0.15, 0.2) is 11.8 Å². The van der Waals surface area contributed by atoms with Crippen LogP contribution < -0.4 is 17.0 Å². The van der Waals surface area contributed by atoms with Crippen LogP contribution in [0, 0.1) is 0 Å². The highest BCUT2D eigenvalue weighted by atomic mass is 79.9. The third-order valence-corrected chi connectivity index (χ3v) is 1.67. The SMILES string of the molecule is CC=C(O)C(=O)OOCCC[N+](C)(C)C.[Br-]. The van der Waals surface area contributed by atoms with E-state index in [9.17, 15) is 4.79 Å². The minimum absolute atomic E-state index is 0. The maximum atomic E-state index is 10.9. The predicted octanol–water partition coefficient (Wildman–Crippen LogP) is -1.98. The number of rotatable bonds is 6. The molecule has 5 nitrogen and oxygen atoms in total. The highest BCUT2D eigenvalue weighted by Gasteiger charge is 2.10. The van der Waals surface area contributed by atoms with Crippen molar-refractivity contribution in [3.05, 3.63) is 11.8 Å². The zero-order chi connectivity index (χ0) is 11.9. The van der Waals surface area contributed by atoms with Crippen molar-refractivity contribution in [3.63, 3.8) is 0 Å². The number of allylic oxidation sites excluding steroid dienone is 1. The molecule has 0 aromatic carbocycles. The number of carbonyl (C=O) groups excluding carboxylic acids is 1. The first-order valence-electron chi connectivity index (χ1n) is 4.86. The molecule has 0 aliphatic carbocycles. The Balaban J connectivity index is 0. The molecule has 0 rings (SSSR count). The van der Waals surface area contributed by atoms with Crippen molar-refractivity contribution in [3.8, 4) is 0 Å². The monoisotopic (exact) mass is 297 g/mol. The Hall–Kier alpha value is -0.590. The molecular weight excluding hydrogens is 278 g/mol. The van der Waals surface area contributed by atoms with Crippen LogP contribution in [0.5, 0.6) is 0 Å². The Morgan fingerprint density at radius 2 is 1.94 bits per heavy atom. The van der Waals surface area contributed by atoms with Crippen LogP contribution in [0.1, 0.15) is 13.3 Å². The molecule has 0 fully saturated rings. The van der Waals surface area contributed by atoms with Gasteiger partial charge in [-0.05, 0) is 13.0 Å².